The Kier molecular flexibility index (Phi) is 5.91. The Morgan fingerprint density at radius 2 is 1.56 bits per heavy atom. The molecule has 0 radical (unpaired) electrons. The van der Waals surface area contributed by atoms with Crippen LogP contribution in [0.5, 0.6) is 11.5 Å². The van der Waals surface area contributed by atoms with E-state index in [0.29, 0.717) is 22.9 Å². The van der Waals surface area contributed by atoms with Gasteiger partial charge in [-0.1, -0.05) is 35.9 Å². The number of anilines is 2. The molecule has 4 rings (SSSR count). The number of imide groups is 1. The summed E-state index contributed by atoms with van der Waals surface area (Å²) in [4.78, 5) is 38.4. The van der Waals surface area contributed by atoms with Gasteiger partial charge in [0.2, 0.25) is 0 Å². The standard InChI is InChI=1S/C24H17ClN2O5/c1-31-24(30)15-6-5-7-16(14-15)26-21-20(25)22(28)27(23(21)29)17-10-12-19(13-11-17)32-18-8-3-2-4-9-18/h2-14,26H,1H3. The summed E-state index contributed by atoms with van der Waals surface area (Å²) in [6.07, 6.45) is 0. The molecular formula is C24H17ClN2O5. The molecule has 0 spiro atoms. The summed E-state index contributed by atoms with van der Waals surface area (Å²) < 4.78 is 10.4. The smallest absolute Gasteiger partial charge is 0.337 e. The molecule has 1 heterocycles. The monoisotopic (exact) mass is 448 g/mol. The molecule has 0 fully saturated rings. The van der Waals surface area contributed by atoms with E-state index in [2.05, 4.69) is 5.32 Å². The lowest BCUT2D eigenvalue weighted by atomic mass is 10.2. The van der Waals surface area contributed by atoms with Crippen molar-refractivity contribution in [1.82, 2.24) is 0 Å². The van der Waals surface area contributed by atoms with Crippen molar-refractivity contribution < 1.29 is 23.9 Å². The van der Waals surface area contributed by atoms with Crippen molar-refractivity contribution in [3.63, 3.8) is 0 Å². The van der Waals surface area contributed by atoms with Gasteiger partial charge in [-0.25, -0.2) is 9.69 Å². The minimum atomic E-state index is -0.653. The summed E-state index contributed by atoms with van der Waals surface area (Å²) in [7, 11) is 1.27. The number of carbonyl (C=O) groups is 3. The highest BCUT2D eigenvalue weighted by Crippen LogP contribution is 2.32. The Labute approximate surface area is 188 Å². The molecule has 0 saturated heterocycles. The van der Waals surface area contributed by atoms with Gasteiger partial charge in [-0.15, -0.1) is 0 Å². The molecule has 3 aromatic carbocycles. The number of methoxy groups -OCH3 is 1. The number of nitrogens with zero attached hydrogens (tertiary/aromatic N) is 1. The summed E-state index contributed by atoms with van der Waals surface area (Å²) in [5.74, 6) is -0.572. The van der Waals surface area contributed by atoms with E-state index in [4.69, 9.17) is 21.1 Å². The number of hydrogen-bond acceptors (Lipinski definition) is 6. The van der Waals surface area contributed by atoms with E-state index in [0.717, 1.165) is 4.90 Å². The van der Waals surface area contributed by atoms with Crippen LogP contribution >= 0.6 is 11.6 Å². The maximum Gasteiger partial charge on any atom is 0.337 e. The number of esters is 1. The van der Waals surface area contributed by atoms with Crippen molar-refractivity contribution in [2.75, 3.05) is 17.3 Å². The van der Waals surface area contributed by atoms with Crippen LogP contribution in [0.2, 0.25) is 0 Å². The van der Waals surface area contributed by atoms with E-state index in [1.54, 1.807) is 42.5 Å². The minimum Gasteiger partial charge on any atom is -0.465 e. The molecule has 160 valence electrons. The third-order valence-electron chi connectivity index (χ3n) is 4.65. The second-order valence-electron chi connectivity index (χ2n) is 6.74. The fourth-order valence-corrected chi connectivity index (χ4v) is 3.33. The number of para-hydroxylation sites is 1. The second kappa shape index (κ2) is 8.95. The van der Waals surface area contributed by atoms with Gasteiger partial charge in [-0.3, -0.25) is 9.59 Å². The van der Waals surface area contributed by atoms with Crippen LogP contribution in [-0.4, -0.2) is 24.9 Å². The van der Waals surface area contributed by atoms with Gasteiger partial charge >= 0.3 is 5.97 Å². The van der Waals surface area contributed by atoms with E-state index >= 15 is 0 Å². The zero-order valence-electron chi connectivity index (χ0n) is 16.9. The molecule has 8 heteroatoms. The summed E-state index contributed by atoms with van der Waals surface area (Å²) in [6, 6.07) is 22.1. The highest BCUT2D eigenvalue weighted by molar-refractivity contribution is 6.53. The molecule has 1 aliphatic rings. The third kappa shape index (κ3) is 4.19. The lowest BCUT2D eigenvalue weighted by Gasteiger charge is -2.16. The molecule has 0 atom stereocenters. The van der Waals surface area contributed by atoms with Crippen molar-refractivity contribution in [2.24, 2.45) is 0 Å². The first-order valence-electron chi connectivity index (χ1n) is 9.55. The highest BCUT2D eigenvalue weighted by atomic mass is 35.5. The quantitative estimate of drug-likeness (QED) is 0.434. The van der Waals surface area contributed by atoms with E-state index in [1.807, 2.05) is 30.3 Å². The number of ether oxygens (including phenoxy) is 2. The number of amides is 2. The van der Waals surface area contributed by atoms with Crippen LogP contribution in [0.25, 0.3) is 0 Å². The van der Waals surface area contributed by atoms with Gasteiger partial charge in [0.25, 0.3) is 11.8 Å². The van der Waals surface area contributed by atoms with Crippen LogP contribution in [0, 0.1) is 0 Å². The Hall–Kier alpha value is -4.10. The van der Waals surface area contributed by atoms with E-state index in [-0.39, 0.29) is 16.3 Å². The van der Waals surface area contributed by atoms with Crippen LogP contribution in [0.15, 0.2) is 89.6 Å². The van der Waals surface area contributed by atoms with Gasteiger partial charge < -0.3 is 14.8 Å². The first-order chi connectivity index (χ1) is 15.5. The largest absolute Gasteiger partial charge is 0.465 e. The first-order valence-corrected chi connectivity index (χ1v) is 9.92. The minimum absolute atomic E-state index is 0.0803. The molecule has 0 unspecified atom stereocenters. The van der Waals surface area contributed by atoms with Crippen molar-refractivity contribution in [3.05, 3.63) is 95.2 Å². The molecule has 2 amide bonds. The SMILES string of the molecule is COC(=O)c1cccc(NC2=C(Cl)C(=O)N(c3ccc(Oc4ccccc4)cc3)C2=O)c1. The Morgan fingerprint density at radius 3 is 2.25 bits per heavy atom. The topological polar surface area (TPSA) is 84.9 Å². The fraction of sp³-hybridized carbons (Fsp3) is 0.0417. The number of carbonyl (C=O) groups excluding carboxylic acids is 3. The Bertz CT molecular complexity index is 1220. The van der Waals surface area contributed by atoms with Gasteiger partial charge in [-0.05, 0) is 54.6 Å². The molecule has 0 aliphatic carbocycles. The number of rotatable bonds is 6. The zero-order chi connectivity index (χ0) is 22.7. The molecule has 0 aromatic heterocycles. The van der Waals surface area contributed by atoms with Crippen molar-refractivity contribution >= 4 is 40.8 Å². The number of benzene rings is 3. The van der Waals surface area contributed by atoms with E-state index in [1.165, 1.54) is 13.2 Å². The summed E-state index contributed by atoms with van der Waals surface area (Å²) in [5, 5.41) is 2.59. The average Bonchev–Trinajstić information content (AvgIpc) is 3.03. The Morgan fingerprint density at radius 1 is 0.875 bits per heavy atom. The van der Waals surface area contributed by atoms with Crippen LogP contribution in [0.1, 0.15) is 10.4 Å². The number of nitrogens with one attached hydrogen (secondary N) is 1. The summed E-state index contributed by atoms with van der Waals surface area (Å²) >= 11 is 6.18. The normalized spacial score (nSPS) is 13.4. The van der Waals surface area contributed by atoms with Crippen LogP contribution in [-0.2, 0) is 14.3 Å². The average molecular weight is 449 g/mol. The van der Waals surface area contributed by atoms with Crippen molar-refractivity contribution in [3.8, 4) is 11.5 Å². The van der Waals surface area contributed by atoms with Crippen molar-refractivity contribution in [2.45, 2.75) is 0 Å². The molecule has 3 aromatic rings. The van der Waals surface area contributed by atoms with Gasteiger partial charge in [0.1, 0.15) is 22.2 Å². The first kappa shape index (κ1) is 21.1. The molecule has 32 heavy (non-hydrogen) atoms. The van der Waals surface area contributed by atoms with Crippen LogP contribution in [0.3, 0.4) is 0 Å². The molecule has 7 nitrogen and oxygen atoms in total. The zero-order valence-corrected chi connectivity index (χ0v) is 17.6. The second-order valence-corrected chi connectivity index (χ2v) is 7.12. The third-order valence-corrected chi connectivity index (χ3v) is 5.00. The van der Waals surface area contributed by atoms with Gasteiger partial charge in [0.05, 0.1) is 18.4 Å². The maximum atomic E-state index is 13.0. The summed E-state index contributed by atoms with van der Waals surface area (Å²) in [6.45, 7) is 0. The predicted octanol–water partition coefficient (Wildman–Crippen LogP) is 4.70. The molecular weight excluding hydrogens is 432 g/mol. The molecule has 0 saturated carbocycles. The van der Waals surface area contributed by atoms with Gasteiger partial charge in [0, 0.05) is 5.69 Å². The number of hydrogen-bond donors (Lipinski definition) is 1. The van der Waals surface area contributed by atoms with Gasteiger partial charge in [-0.2, -0.15) is 0 Å². The molecule has 1 N–H and O–H groups in total. The lowest BCUT2D eigenvalue weighted by Crippen LogP contribution is -2.32. The molecule has 0 bridgehead atoms. The summed E-state index contributed by atoms with van der Waals surface area (Å²) in [5.41, 5.74) is 0.967. The van der Waals surface area contributed by atoms with Crippen LogP contribution in [0.4, 0.5) is 11.4 Å². The van der Waals surface area contributed by atoms with Crippen LogP contribution < -0.4 is 15.0 Å². The predicted molar refractivity (Wildman–Crippen MR) is 120 cm³/mol. The van der Waals surface area contributed by atoms with Crippen molar-refractivity contribution in [1.29, 1.82) is 0 Å². The van der Waals surface area contributed by atoms with Gasteiger partial charge in [0.15, 0.2) is 0 Å². The number of halogens is 1. The van der Waals surface area contributed by atoms with E-state index < -0.39 is 17.8 Å². The highest BCUT2D eigenvalue weighted by Gasteiger charge is 2.39. The Balaban J connectivity index is 1.52. The maximum absolute atomic E-state index is 13.0. The molecule has 1 aliphatic heterocycles. The lowest BCUT2D eigenvalue weighted by molar-refractivity contribution is -0.120. The fourth-order valence-electron chi connectivity index (χ4n) is 3.12. The van der Waals surface area contributed by atoms with E-state index in [9.17, 15) is 14.4 Å².